The Morgan fingerprint density at radius 2 is 1.68 bits per heavy atom. The van der Waals surface area contributed by atoms with E-state index in [4.69, 9.17) is 4.74 Å². The van der Waals surface area contributed by atoms with Gasteiger partial charge in [0.2, 0.25) is 0 Å². The number of thioether (sulfide) groups is 1. The number of aryl methyl sites for hydroxylation is 1. The Morgan fingerprint density at radius 1 is 1.05 bits per heavy atom. The maximum absolute atomic E-state index is 5.15. The summed E-state index contributed by atoms with van der Waals surface area (Å²) in [6.45, 7) is 2.09. The summed E-state index contributed by atoms with van der Waals surface area (Å²) in [6.07, 6.45) is 0. The van der Waals surface area contributed by atoms with Gasteiger partial charge >= 0.3 is 0 Å². The van der Waals surface area contributed by atoms with Gasteiger partial charge in [0.25, 0.3) is 0 Å². The lowest BCUT2D eigenvalue weighted by Gasteiger charge is -2.03. The summed E-state index contributed by atoms with van der Waals surface area (Å²) in [5.74, 6) is 0.871. The third-order valence-electron chi connectivity index (χ3n) is 2.69. The predicted octanol–water partition coefficient (Wildman–Crippen LogP) is 5.49. The van der Waals surface area contributed by atoms with Crippen molar-refractivity contribution in [1.82, 2.24) is 0 Å². The third-order valence-corrected chi connectivity index (χ3v) is 4.57. The van der Waals surface area contributed by atoms with Crippen LogP contribution in [0.5, 0.6) is 5.75 Å². The summed E-state index contributed by atoms with van der Waals surface area (Å²) >= 11 is 5.31. The van der Waals surface area contributed by atoms with Crippen LogP contribution in [0.3, 0.4) is 0 Å². The van der Waals surface area contributed by atoms with E-state index in [0.717, 1.165) is 15.8 Å². The molecule has 0 N–H and O–H groups in total. The maximum atomic E-state index is 5.15. The molecule has 0 aliphatic rings. The Hall–Kier alpha value is -1.19. The molecular weight excluding hydrogens is 320 g/mol. The number of hydrogen-bond acceptors (Lipinski definition) is 2. The van der Waals surface area contributed by atoms with Crippen molar-refractivity contribution in [1.29, 1.82) is 0 Å². The number of benzene rings is 2. The molecule has 0 bridgehead atoms. The van der Waals surface area contributed by atoms with Gasteiger partial charge in [-0.25, -0.2) is 0 Å². The largest absolute Gasteiger partial charge is 0.497 e. The van der Waals surface area contributed by atoms with E-state index in [9.17, 15) is 0 Å². The first-order valence-electron chi connectivity index (χ1n) is 5.92. The van der Waals surface area contributed by atoms with Crippen LogP contribution in [0.25, 0.3) is 4.48 Å². The van der Waals surface area contributed by atoms with Crippen LogP contribution >= 0.6 is 27.7 Å². The Kier molecular flexibility index (Phi) is 5.11. The Balaban J connectivity index is 2.07. The molecule has 0 aromatic heterocycles. The van der Waals surface area contributed by atoms with Gasteiger partial charge in [-0.05, 0) is 58.1 Å². The van der Waals surface area contributed by atoms with Crippen LogP contribution in [0, 0.1) is 6.92 Å². The minimum atomic E-state index is 0.871. The van der Waals surface area contributed by atoms with E-state index in [0.29, 0.717) is 0 Å². The molecule has 0 spiro atoms. The maximum Gasteiger partial charge on any atom is 0.118 e. The van der Waals surface area contributed by atoms with Gasteiger partial charge in [0.05, 0.1) is 7.11 Å². The molecule has 0 aliphatic carbocycles. The third kappa shape index (κ3) is 4.15. The monoisotopic (exact) mass is 334 g/mol. The van der Waals surface area contributed by atoms with Crippen LogP contribution in [0.2, 0.25) is 0 Å². The van der Waals surface area contributed by atoms with Crippen molar-refractivity contribution in [2.24, 2.45) is 0 Å². The fourth-order valence-electron chi connectivity index (χ4n) is 1.55. The minimum Gasteiger partial charge on any atom is -0.497 e. The van der Waals surface area contributed by atoms with Crippen molar-refractivity contribution >= 4 is 32.2 Å². The van der Waals surface area contributed by atoms with Crippen molar-refractivity contribution in [2.45, 2.75) is 11.8 Å². The molecule has 2 aromatic carbocycles. The van der Waals surface area contributed by atoms with Crippen LogP contribution in [0.1, 0.15) is 11.1 Å². The molecule has 0 aliphatic heterocycles. The van der Waals surface area contributed by atoms with E-state index in [-0.39, 0.29) is 0 Å². The normalized spacial score (nSPS) is 11.4. The standard InChI is InChI=1S/C16H15BrOS/c1-12-3-9-15(10-4-12)19-11-16(17)13-5-7-14(18-2)8-6-13/h3-11H,1-2H3/b16-11+. The number of hydrogen-bond donors (Lipinski definition) is 0. The minimum absolute atomic E-state index is 0.871. The highest BCUT2D eigenvalue weighted by molar-refractivity contribution is 9.15. The molecule has 0 saturated carbocycles. The van der Waals surface area contributed by atoms with E-state index in [1.807, 2.05) is 24.3 Å². The van der Waals surface area contributed by atoms with Gasteiger partial charge in [-0.2, -0.15) is 0 Å². The van der Waals surface area contributed by atoms with Crippen molar-refractivity contribution in [2.75, 3.05) is 7.11 Å². The van der Waals surface area contributed by atoms with Crippen LogP contribution < -0.4 is 4.74 Å². The van der Waals surface area contributed by atoms with Gasteiger partial charge in [-0.3, -0.25) is 0 Å². The van der Waals surface area contributed by atoms with Gasteiger partial charge in [-0.15, -0.1) is 0 Å². The Bertz CT molecular complexity index is 558. The molecule has 0 radical (unpaired) electrons. The molecule has 98 valence electrons. The molecule has 2 aromatic rings. The fourth-order valence-corrected chi connectivity index (χ4v) is 2.77. The van der Waals surface area contributed by atoms with Crippen LogP contribution in [-0.4, -0.2) is 7.11 Å². The molecule has 2 rings (SSSR count). The second kappa shape index (κ2) is 6.83. The lowest BCUT2D eigenvalue weighted by molar-refractivity contribution is 0.415. The van der Waals surface area contributed by atoms with E-state index in [2.05, 4.69) is 52.5 Å². The molecule has 1 nitrogen and oxygen atoms in total. The summed E-state index contributed by atoms with van der Waals surface area (Å²) in [5.41, 5.74) is 2.42. The van der Waals surface area contributed by atoms with E-state index >= 15 is 0 Å². The summed E-state index contributed by atoms with van der Waals surface area (Å²) in [5, 5.41) is 2.10. The first-order chi connectivity index (χ1) is 9.19. The lowest BCUT2D eigenvalue weighted by Crippen LogP contribution is -1.82. The highest BCUT2D eigenvalue weighted by Crippen LogP contribution is 2.29. The molecule has 3 heteroatoms. The molecule has 19 heavy (non-hydrogen) atoms. The summed E-state index contributed by atoms with van der Waals surface area (Å²) in [7, 11) is 1.67. The van der Waals surface area contributed by atoms with E-state index in [1.54, 1.807) is 18.9 Å². The zero-order valence-corrected chi connectivity index (χ0v) is 13.3. The average molecular weight is 335 g/mol. The molecule has 0 atom stereocenters. The summed E-state index contributed by atoms with van der Waals surface area (Å²) in [4.78, 5) is 1.23. The van der Waals surface area contributed by atoms with Crippen molar-refractivity contribution in [3.8, 4) is 5.75 Å². The topological polar surface area (TPSA) is 9.23 Å². The first kappa shape index (κ1) is 14.2. The zero-order chi connectivity index (χ0) is 13.7. The zero-order valence-electron chi connectivity index (χ0n) is 10.9. The van der Waals surface area contributed by atoms with Crippen molar-refractivity contribution in [3.05, 3.63) is 65.1 Å². The van der Waals surface area contributed by atoms with Gasteiger partial charge < -0.3 is 4.74 Å². The molecule has 0 unspecified atom stereocenters. The van der Waals surface area contributed by atoms with E-state index < -0.39 is 0 Å². The predicted molar refractivity (Wildman–Crippen MR) is 86.9 cm³/mol. The quantitative estimate of drug-likeness (QED) is 0.683. The molecule has 0 saturated heterocycles. The molecule has 0 heterocycles. The van der Waals surface area contributed by atoms with E-state index in [1.165, 1.54) is 10.5 Å². The Morgan fingerprint density at radius 3 is 2.26 bits per heavy atom. The van der Waals surface area contributed by atoms with Crippen LogP contribution in [0.15, 0.2) is 58.8 Å². The number of methoxy groups -OCH3 is 1. The van der Waals surface area contributed by atoms with Gasteiger partial charge in [-0.1, -0.05) is 41.6 Å². The highest BCUT2D eigenvalue weighted by Gasteiger charge is 1.99. The SMILES string of the molecule is COc1ccc(/C(Br)=C\Sc2ccc(C)cc2)cc1. The average Bonchev–Trinajstić information content (AvgIpc) is 2.46. The summed E-state index contributed by atoms with van der Waals surface area (Å²) < 4.78 is 6.22. The van der Waals surface area contributed by atoms with Crippen LogP contribution in [-0.2, 0) is 0 Å². The number of rotatable bonds is 4. The molecule has 0 fully saturated rings. The molecule has 0 amide bonds. The lowest BCUT2D eigenvalue weighted by atomic mass is 10.2. The Labute approximate surface area is 126 Å². The number of ether oxygens (including phenoxy) is 1. The number of halogens is 1. The smallest absolute Gasteiger partial charge is 0.118 e. The fraction of sp³-hybridized carbons (Fsp3) is 0.125. The van der Waals surface area contributed by atoms with Gasteiger partial charge in [0, 0.05) is 9.38 Å². The van der Waals surface area contributed by atoms with Crippen LogP contribution in [0.4, 0.5) is 0 Å². The van der Waals surface area contributed by atoms with Crippen molar-refractivity contribution in [3.63, 3.8) is 0 Å². The molecular formula is C16H15BrOS. The second-order valence-electron chi connectivity index (χ2n) is 4.13. The highest BCUT2D eigenvalue weighted by atomic mass is 79.9. The van der Waals surface area contributed by atoms with Gasteiger partial charge in [0.1, 0.15) is 5.75 Å². The second-order valence-corrected chi connectivity index (χ2v) is 5.92. The van der Waals surface area contributed by atoms with Gasteiger partial charge in [0.15, 0.2) is 0 Å². The first-order valence-corrected chi connectivity index (χ1v) is 7.60. The summed E-state index contributed by atoms with van der Waals surface area (Å²) in [6, 6.07) is 16.5. The van der Waals surface area contributed by atoms with Crippen molar-refractivity contribution < 1.29 is 4.74 Å².